The van der Waals surface area contributed by atoms with Crippen molar-refractivity contribution >= 4 is 0 Å². The molecule has 0 bridgehead atoms. The largest absolute Gasteiger partial charge is 0.497 e. The van der Waals surface area contributed by atoms with E-state index in [4.69, 9.17) is 9.47 Å². The molecule has 3 rings (SSSR count). The van der Waals surface area contributed by atoms with Crippen LogP contribution in [0.3, 0.4) is 0 Å². The van der Waals surface area contributed by atoms with Gasteiger partial charge < -0.3 is 14.8 Å². The van der Waals surface area contributed by atoms with Crippen LogP contribution >= 0.6 is 0 Å². The van der Waals surface area contributed by atoms with Crippen LogP contribution in [0.15, 0.2) is 18.2 Å². The number of fused-ring (bicyclic) bond motifs is 1. The molecule has 1 aliphatic heterocycles. The summed E-state index contributed by atoms with van der Waals surface area (Å²) in [4.78, 5) is 0. The fraction of sp³-hybridized carbons (Fsp3) is 0.571. The molecule has 0 spiro atoms. The van der Waals surface area contributed by atoms with E-state index in [-0.39, 0.29) is 0 Å². The lowest BCUT2D eigenvalue weighted by atomic mass is 9.94. The zero-order valence-corrected chi connectivity index (χ0v) is 10.4. The summed E-state index contributed by atoms with van der Waals surface area (Å²) in [5.41, 5.74) is 1.23. The molecular formula is C14H19NO2. The van der Waals surface area contributed by atoms with Crippen molar-refractivity contribution in [3.8, 4) is 11.5 Å². The van der Waals surface area contributed by atoms with Gasteiger partial charge in [-0.25, -0.2) is 0 Å². The Kier molecular flexibility index (Phi) is 2.71. The average Bonchev–Trinajstić information content (AvgIpc) is 3.21. The first kappa shape index (κ1) is 10.9. The van der Waals surface area contributed by atoms with Crippen LogP contribution in [0.2, 0.25) is 0 Å². The molecule has 1 heterocycles. The van der Waals surface area contributed by atoms with Crippen LogP contribution in [-0.2, 0) is 0 Å². The minimum atomic E-state index is 0.388. The summed E-state index contributed by atoms with van der Waals surface area (Å²) in [6.07, 6.45) is 4.12. The Morgan fingerprint density at radius 2 is 2.18 bits per heavy atom. The topological polar surface area (TPSA) is 30.5 Å². The van der Waals surface area contributed by atoms with Gasteiger partial charge in [0.1, 0.15) is 17.6 Å². The van der Waals surface area contributed by atoms with Gasteiger partial charge >= 0.3 is 0 Å². The highest BCUT2D eigenvalue weighted by Gasteiger charge is 2.38. The van der Waals surface area contributed by atoms with Gasteiger partial charge in [-0.3, -0.25) is 0 Å². The Morgan fingerprint density at radius 3 is 2.82 bits per heavy atom. The van der Waals surface area contributed by atoms with Gasteiger partial charge in [0.25, 0.3) is 0 Å². The fourth-order valence-electron chi connectivity index (χ4n) is 2.63. The molecule has 92 valence electrons. The predicted molar refractivity (Wildman–Crippen MR) is 66.6 cm³/mol. The summed E-state index contributed by atoms with van der Waals surface area (Å²) >= 11 is 0. The number of methoxy groups -OCH3 is 1. The molecule has 1 aromatic carbocycles. The summed E-state index contributed by atoms with van der Waals surface area (Å²) in [7, 11) is 3.72. The summed E-state index contributed by atoms with van der Waals surface area (Å²) in [6.45, 7) is 0. The molecule has 17 heavy (non-hydrogen) atoms. The zero-order chi connectivity index (χ0) is 11.8. The first-order valence-corrected chi connectivity index (χ1v) is 6.33. The maximum absolute atomic E-state index is 6.09. The lowest BCUT2D eigenvalue weighted by Crippen LogP contribution is -2.32. The minimum Gasteiger partial charge on any atom is -0.497 e. The molecule has 1 fully saturated rings. The number of ether oxygens (including phenoxy) is 2. The molecule has 0 amide bonds. The third kappa shape index (κ3) is 2.00. The van der Waals surface area contributed by atoms with E-state index in [1.165, 1.54) is 18.4 Å². The SMILES string of the molecule is CNC1CC(C2CC2)Oc2ccc(OC)cc21. The quantitative estimate of drug-likeness (QED) is 0.870. The van der Waals surface area contributed by atoms with E-state index in [1.54, 1.807) is 7.11 Å². The highest BCUT2D eigenvalue weighted by atomic mass is 16.5. The van der Waals surface area contributed by atoms with Crippen molar-refractivity contribution in [3.05, 3.63) is 23.8 Å². The number of hydrogen-bond acceptors (Lipinski definition) is 3. The van der Waals surface area contributed by atoms with E-state index < -0.39 is 0 Å². The third-order valence-corrected chi connectivity index (χ3v) is 3.83. The molecule has 2 aliphatic rings. The number of rotatable bonds is 3. The van der Waals surface area contributed by atoms with Crippen molar-refractivity contribution in [1.82, 2.24) is 5.32 Å². The standard InChI is InChI=1S/C14H19NO2/c1-15-12-8-14(9-3-4-9)17-13-6-5-10(16-2)7-11(12)13/h5-7,9,12,14-15H,3-4,8H2,1-2H3. The second-order valence-electron chi connectivity index (χ2n) is 4.97. The van der Waals surface area contributed by atoms with Crippen LogP contribution < -0.4 is 14.8 Å². The Hall–Kier alpha value is -1.22. The molecule has 2 atom stereocenters. The first-order valence-electron chi connectivity index (χ1n) is 6.33. The molecule has 1 N–H and O–H groups in total. The van der Waals surface area contributed by atoms with Gasteiger partial charge in [-0.1, -0.05) is 0 Å². The van der Waals surface area contributed by atoms with Gasteiger partial charge in [-0.2, -0.15) is 0 Å². The van der Waals surface area contributed by atoms with E-state index in [0.29, 0.717) is 12.1 Å². The van der Waals surface area contributed by atoms with E-state index in [2.05, 4.69) is 11.4 Å². The van der Waals surface area contributed by atoms with E-state index in [1.807, 2.05) is 19.2 Å². The van der Waals surface area contributed by atoms with Gasteiger partial charge in [-0.15, -0.1) is 0 Å². The van der Waals surface area contributed by atoms with Gasteiger partial charge in [-0.05, 0) is 44.0 Å². The average molecular weight is 233 g/mol. The molecular weight excluding hydrogens is 214 g/mol. The van der Waals surface area contributed by atoms with Crippen molar-refractivity contribution in [2.75, 3.05) is 14.2 Å². The molecule has 1 aromatic rings. The van der Waals surface area contributed by atoms with Crippen molar-refractivity contribution in [3.63, 3.8) is 0 Å². The number of benzene rings is 1. The number of nitrogens with one attached hydrogen (secondary N) is 1. The van der Waals surface area contributed by atoms with Crippen molar-refractivity contribution in [1.29, 1.82) is 0 Å². The summed E-state index contributed by atoms with van der Waals surface area (Å²) in [5.74, 6) is 2.70. The van der Waals surface area contributed by atoms with Crippen LogP contribution in [-0.4, -0.2) is 20.3 Å². The molecule has 0 aromatic heterocycles. The molecule has 3 heteroatoms. The van der Waals surface area contributed by atoms with Crippen LogP contribution in [0, 0.1) is 5.92 Å². The second-order valence-corrected chi connectivity index (χ2v) is 4.97. The molecule has 2 unspecified atom stereocenters. The van der Waals surface area contributed by atoms with Gasteiger partial charge in [0.15, 0.2) is 0 Å². The monoisotopic (exact) mass is 233 g/mol. The first-order chi connectivity index (χ1) is 8.31. The Labute approximate surface area is 102 Å². The Morgan fingerprint density at radius 1 is 1.35 bits per heavy atom. The lowest BCUT2D eigenvalue weighted by molar-refractivity contribution is 0.131. The van der Waals surface area contributed by atoms with Gasteiger partial charge in [0.2, 0.25) is 0 Å². The fourth-order valence-corrected chi connectivity index (χ4v) is 2.63. The predicted octanol–water partition coefficient (Wildman–Crippen LogP) is 2.52. The molecule has 0 radical (unpaired) electrons. The van der Waals surface area contributed by atoms with E-state index >= 15 is 0 Å². The molecule has 1 aliphatic carbocycles. The molecule has 3 nitrogen and oxygen atoms in total. The smallest absolute Gasteiger partial charge is 0.124 e. The zero-order valence-electron chi connectivity index (χ0n) is 10.4. The van der Waals surface area contributed by atoms with Crippen LogP contribution in [0.5, 0.6) is 11.5 Å². The van der Waals surface area contributed by atoms with Gasteiger partial charge in [0.05, 0.1) is 7.11 Å². The Balaban J connectivity index is 1.91. The minimum absolute atomic E-state index is 0.388. The maximum atomic E-state index is 6.09. The van der Waals surface area contributed by atoms with Crippen molar-refractivity contribution in [2.24, 2.45) is 5.92 Å². The summed E-state index contributed by atoms with van der Waals surface area (Å²) in [5, 5.41) is 3.39. The Bertz CT molecular complexity index is 415. The lowest BCUT2D eigenvalue weighted by Gasteiger charge is -2.32. The van der Waals surface area contributed by atoms with Crippen LogP contribution in [0.25, 0.3) is 0 Å². The van der Waals surface area contributed by atoms with Crippen LogP contribution in [0.1, 0.15) is 30.9 Å². The van der Waals surface area contributed by atoms with Crippen molar-refractivity contribution in [2.45, 2.75) is 31.4 Å². The normalized spacial score (nSPS) is 27.2. The third-order valence-electron chi connectivity index (χ3n) is 3.83. The van der Waals surface area contributed by atoms with Crippen LogP contribution in [0.4, 0.5) is 0 Å². The van der Waals surface area contributed by atoms with E-state index in [9.17, 15) is 0 Å². The van der Waals surface area contributed by atoms with Crippen molar-refractivity contribution < 1.29 is 9.47 Å². The maximum Gasteiger partial charge on any atom is 0.124 e. The van der Waals surface area contributed by atoms with E-state index in [0.717, 1.165) is 23.8 Å². The van der Waals surface area contributed by atoms with Gasteiger partial charge in [0, 0.05) is 18.0 Å². The highest BCUT2D eigenvalue weighted by molar-refractivity contribution is 5.43. The number of hydrogen-bond donors (Lipinski definition) is 1. The molecule has 0 saturated heterocycles. The summed E-state index contributed by atoms with van der Waals surface area (Å²) < 4.78 is 11.4. The summed E-state index contributed by atoms with van der Waals surface area (Å²) in [6, 6.07) is 6.48. The highest BCUT2D eigenvalue weighted by Crippen LogP contribution is 2.44. The molecule has 1 saturated carbocycles. The second kappa shape index (κ2) is 4.22.